The van der Waals surface area contributed by atoms with Crippen LogP contribution in [0.5, 0.6) is 0 Å². The molecule has 0 aliphatic heterocycles. The van der Waals surface area contributed by atoms with Crippen LogP contribution in [-0.2, 0) is 6.54 Å². The molecule has 2 rings (SSSR count). The molecule has 0 bridgehead atoms. The zero-order valence-electron chi connectivity index (χ0n) is 9.93. The Morgan fingerprint density at radius 2 is 2.05 bits per heavy atom. The third kappa shape index (κ3) is 2.52. The van der Waals surface area contributed by atoms with Crippen LogP contribution >= 0.6 is 11.6 Å². The maximum Gasteiger partial charge on any atom is 0.356 e. The van der Waals surface area contributed by atoms with Gasteiger partial charge in [-0.05, 0) is 11.6 Å². The van der Waals surface area contributed by atoms with E-state index >= 15 is 0 Å². The molecule has 0 radical (unpaired) electrons. The SMILES string of the molecule is NCc1ccccc1-c1cc(N)c(Cl)c(C(=O)O)n1. The van der Waals surface area contributed by atoms with Crippen LogP contribution in [0, 0.1) is 0 Å². The van der Waals surface area contributed by atoms with E-state index in [1.807, 2.05) is 24.3 Å². The van der Waals surface area contributed by atoms with Gasteiger partial charge in [0.15, 0.2) is 5.69 Å². The number of aromatic nitrogens is 1. The second kappa shape index (κ2) is 5.26. The monoisotopic (exact) mass is 277 g/mol. The van der Waals surface area contributed by atoms with E-state index in [9.17, 15) is 4.79 Å². The smallest absolute Gasteiger partial charge is 0.356 e. The molecule has 1 aromatic carbocycles. The molecule has 0 aliphatic carbocycles. The van der Waals surface area contributed by atoms with Crippen molar-refractivity contribution in [1.82, 2.24) is 4.98 Å². The highest BCUT2D eigenvalue weighted by Gasteiger charge is 2.16. The van der Waals surface area contributed by atoms with Crippen molar-refractivity contribution >= 4 is 23.3 Å². The number of nitrogens with two attached hydrogens (primary N) is 2. The Hall–Kier alpha value is -2.11. The van der Waals surface area contributed by atoms with Gasteiger partial charge in [-0.3, -0.25) is 0 Å². The average molecular weight is 278 g/mol. The Balaban J connectivity index is 2.66. The van der Waals surface area contributed by atoms with Crippen LogP contribution in [0.1, 0.15) is 16.1 Å². The highest BCUT2D eigenvalue weighted by atomic mass is 35.5. The summed E-state index contributed by atoms with van der Waals surface area (Å²) in [5, 5.41) is 9.01. The summed E-state index contributed by atoms with van der Waals surface area (Å²) in [4.78, 5) is 15.1. The van der Waals surface area contributed by atoms with Crippen molar-refractivity contribution in [2.45, 2.75) is 6.54 Å². The molecule has 6 heteroatoms. The van der Waals surface area contributed by atoms with Gasteiger partial charge >= 0.3 is 5.97 Å². The lowest BCUT2D eigenvalue weighted by Crippen LogP contribution is -2.06. The number of benzene rings is 1. The van der Waals surface area contributed by atoms with Crippen LogP contribution in [-0.4, -0.2) is 16.1 Å². The normalized spacial score (nSPS) is 10.4. The molecule has 5 N–H and O–H groups in total. The van der Waals surface area contributed by atoms with Crippen LogP contribution in [0.25, 0.3) is 11.3 Å². The molecule has 0 atom stereocenters. The van der Waals surface area contributed by atoms with Gasteiger partial charge in [-0.15, -0.1) is 0 Å². The quantitative estimate of drug-likeness (QED) is 0.798. The molecule has 1 heterocycles. The molecular weight excluding hydrogens is 266 g/mol. The van der Waals surface area contributed by atoms with Crippen molar-refractivity contribution in [3.63, 3.8) is 0 Å². The molecule has 0 saturated carbocycles. The van der Waals surface area contributed by atoms with Crippen molar-refractivity contribution in [1.29, 1.82) is 0 Å². The molecule has 0 saturated heterocycles. The summed E-state index contributed by atoms with van der Waals surface area (Å²) < 4.78 is 0. The number of hydrogen-bond acceptors (Lipinski definition) is 4. The van der Waals surface area contributed by atoms with Gasteiger partial charge in [-0.25, -0.2) is 9.78 Å². The molecule has 1 aromatic heterocycles. The van der Waals surface area contributed by atoms with E-state index in [1.165, 1.54) is 0 Å². The maximum atomic E-state index is 11.1. The first-order valence-corrected chi connectivity index (χ1v) is 5.90. The molecule has 2 aromatic rings. The van der Waals surface area contributed by atoms with Crippen LogP contribution in [0.2, 0.25) is 5.02 Å². The van der Waals surface area contributed by atoms with Gasteiger partial charge < -0.3 is 16.6 Å². The van der Waals surface area contributed by atoms with Gasteiger partial charge in [-0.2, -0.15) is 0 Å². The first-order chi connectivity index (χ1) is 9.04. The minimum atomic E-state index is -1.22. The Morgan fingerprint density at radius 1 is 1.37 bits per heavy atom. The van der Waals surface area contributed by atoms with E-state index < -0.39 is 5.97 Å². The second-order valence-electron chi connectivity index (χ2n) is 3.93. The van der Waals surface area contributed by atoms with Crippen LogP contribution in [0.15, 0.2) is 30.3 Å². The lowest BCUT2D eigenvalue weighted by molar-refractivity contribution is 0.0691. The minimum Gasteiger partial charge on any atom is -0.476 e. The number of aromatic carboxylic acids is 1. The fraction of sp³-hybridized carbons (Fsp3) is 0.0769. The summed E-state index contributed by atoms with van der Waals surface area (Å²) in [5.41, 5.74) is 13.3. The minimum absolute atomic E-state index is 0.0542. The van der Waals surface area contributed by atoms with Crippen molar-refractivity contribution in [3.05, 3.63) is 46.6 Å². The van der Waals surface area contributed by atoms with Gasteiger partial charge in [0.2, 0.25) is 0 Å². The third-order valence-electron chi connectivity index (χ3n) is 2.70. The summed E-state index contributed by atoms with van der Waals surface area (Å²) in [6.07, 6.45) is 0. The molecule has 5 nitrogen and oxygen atoms in total. The molecule has 0 unspecified atom stereocenters. The molecule has 0 aliphatic rings. The topological polar surface area (TPSA) is 102 Å². The van der Waals surface area contributed by atoms with E-state index in [0.29, 0.717) is 12.2 Å². The molecule has 19 heavy (non-hydrogen) atoms. The first-order valence-electron chi connectivity index (χ1n) is 5.52. The predicted molar refractivity (Wildman–Crippen MR) is 73.9 cm³/mol. The fourth-order valence-electron chi connectivity index (χ4n) is 1.78. The van der Waals surface area contributed by atoms with E-state index in [-0.39, 0.29) is 16.4 Å². The number of rotatable bonds is 3. The molecule has 98 valence electrons. The first kappa shape index (κ1) is 13.3. The Kier molecular flexibility index (Phi) is 3.69. The van der Waals surface area contributed by atoms with Crippen LogP contribution in [0.4, 0.5) is 5.69 Å². The Morgan fingerprint density at radius 3 is 2.68 bits per heavy atom. The number of carboxylic acid groups (broad SMARTS) is 1. The zero-order valence-corrected chi connectivity index (χ0v) is 10.7. The number of nitrogens with zero attached hydrogens (tertiary/aromatic N) is 1. The average Bonchev–Trinajstić information content (AvgIpc) is 2.41. The van der Waals surface area contributed by atoms with Crippen molar-refractivity contribution in [2.75, 3.05) is 5.73 Å². The number of nitrogen functional groups attached to an aromatic ring is 1. The summed E-state index contributed by atoms with van der Waals surface area (Å²) in [7, 11) is 0. The number of pyridine rings is 1. The summed E-state index contributed by atoms with van der Waals surface area (Å²) in [6.45, 7) is 0.322. The van der Waals surface area contributed by atoms with Gasteiger partial charge in [0.25, 0.3) is 0 Å². The summed E-state index contributed by atoms with van der Waals surface area (Å²) in [6, 6.07) is 8.87. The molecule has 0 spiro atoms. The number of anilines is 1. The predicted octanol–water partition coefficient (Wildman–Crippen LogP) is 2.14. The third-order valence-corrected chi connectivity index (χ3v) is 3.10. The highest BCUT2D eigenvalue weighted by Crippen LogP contribution is 2.29. The molecule has 0 fully saturated rings. The van der Waals surface area contributed by atoms with E-state index in [1.54, 1.807) is 6.07 Å². The highest BCUT2D eigenvalue weighted by molar-refractivity contribution is 6.35. The largest absolute Gasteiger partial charge is 0.476 e. The van der Waals surface area contributed by atoms with Crippen molar-refractivity contribution in [2.24, 2.45) is 5.73 Å². The van der Waals surface area contributed by atoms with Crippen molar-refractivity contribution in [3.8, 4) is 11.3 Å². The zero-order chi connectivity index (χ0) is 14.0. The summed E-state index contributed by atoms with van der Waals surface area (Å²) >= 11 is 5.83. The molecule has 0 amide bonds. The van der Waals surface area contributed by atoms with Crippen LogP contribution < -0.4 is 11.5 Å². The van der Waals surface area contributed by atoms with Crippen LogP contribution in [0.3, 0.4) is 0 Å². The lowest BCUT2D eigenvalue weighted by Gasteiger charge is -2.10. The molecular formula is C13H12ClN3O2. The lowest BCUT2D eigenvalue weighted by atomic mass is 10.0. The van der Waals surface area contributed by atoms with Gasteiger partial charge in [0.1, 0.15) is 0 Å². The van der Waals surface area contributed by atoms with Crippen molar-refractivity contribution < 1.29 is 9.90 Å². The Labute approximate surface area is 114 Å². The number of carboxylic acids is 1. The Bertz CT molecular complexity index is 644. The van der Waals surface area contributed by atoms with E-state index in [4.69, 9.17) is 28.2 Å². The number of halogens is 1. The standard InChI is InChI=1S/C13H12ClN3O2/c14-11-9(16)5-10(17-12(11)13(18)19)8-4-2-1-3-7(8)6-15/h1-5H,6,15H2,(H2,16,17)(H,18,19). The van der Waals surface area contributed by atoms with E-state index in [0.717, 1.165) is 11.1 Å². The number of carbonyl (C=O) groups is 1. The van der Waals surface area contributed by atoms with Gasteiger partial charge in [0, 0.05) is 12.1 Å². The maximum absolute atomic E-state index is 11.1. The number of hydrogen-bond donors (Lipinski definition) is 3. The summed E-state index contributed by atoms with van der Waals surface area (Å²) in [5.74, 6) is -1.22. The second-order valence-corrected chi connectivity index (χ2v) is 4.30. The van der Waals surface area contributed by atoms with Gasteiger partial charge in [-0.1, -0.05) is 35.9 Å². The van der Waals surface area contributed by atoms with E-state index in [2.05, 4.69) is 4.98 Å². The van der Waals surface area contributed by atoms with Gasteiger partial charge in [0.05, 0.1) is 16.4 Å². The fourth-order valence-corrected chi connectivity index (χ4v) is 1.95.